The van der Waals surface area contributed by atoms with Crippen molar-refractivity contribution in [2.75, 3.05) is 32.4 Å². The summed E-state index contributed by atoms with van der Waals surface area (Å²) >= 11 is 6.13. The van der Waals surface area contributed by atoms with Crippen LogP contribution in [0.25, 0.3) is 22.2 Å². The Balaban J connectivity index is 1.19. The highest BCUT2D eigenvalue weighted by atomic mass is 35.5. The number of nitrogens with one attached hydrogen (secondary N) is 1. The van der Waals surface area contributed by atoms with Gasteiger partial charge in [0, 0.05) is 65.0 Å². The first-order chi connectivity index (χ1) is 20.4. The number of alkyl halides is 3. The summed E-state index contributed by atoms with van der Waals surface area (Å²) in [4.78, 5) is 5.51. The number of piperidine rings is 1. The van der Waals surface area contributed by atoms with Gasteiger partial charge in [-0.3, -0.25) is 4.68 Å². The number of aromatic amines is 1. The van der Waals surface area contributed by atoms with Crippen molar-refractivity contribution in [3.05, 3.63) is 76.1 Å². The van der Waals surface area contributed by atoms with Crippen LogP contribution in [0, 0.1) is 0 Å². The van der Waals surface area contributed by atoms with Gasteiger partial charge in [-0.05, 0) is 55.6 Å². The van der Waals surface area contributed by atoms with Crippen LogP contribution in [0.15, 0.2) is 48.7 Å². The molecule has 1 unspecified atom stereocenters. The molecule has 0 radical (unpaired) electrons. The van der Waals surface area contributed by atoms with Crippen LogP contribution < -0.4 is 0 Å². The average molecular weight is 636 g/mol. The molecule has 1 fully saturated rings. The van der Waals surface area contributed by atoms with Crippen molar-refractivity contribution in [1.82, 2.24) is 24.0 Å². The van der Waals surface area contributed by atoms with Crippen LogP contribution in [-0.2, 0) is 35.7 Å². The van der Waals surface area contributed by atoms with E-state index in [1.165, 1.54) is 33.5 Å². The molecule has 230 valence electrons. The van der Waals surface area contributed by atoms with Gasteiger partial charge < -0.3 is 15.0 Å². The fourth-order valence-electron chi connectivity index (χ4n) is 6.49. The lowest BCUT2D eigenvalue weighted by Gasteiger charge is -2.33. The average Bonchev–Trinajstić information content (AvgIpc) is 3.53. The number of H-pyrrole nitrogens is 1. The Morgan fingerprint density at radius 2 is 1.86 bits per heavy atom. The molecule has 0 spiro atoms. The lowest BCUT2D eigenvalue weighted by Crippen LogP contribution is -2.40. The van der Waals surface area contributed by atoms with E-state index in [9.17, 15) is 26.7 Å². The lowest BCUT2D eigenvalue weighted by atomic mass is 9.89. The number of hydrogen-bond acceptors (Lipinski definition) is 5. The summed E-state index contributed by atoms with van der Waals surface area (Å²) < 4.78 is 69.2. The molecule has 0 aliphatic carbocycles. The van der Waals surface area contributed by atoms with E-state index in [4.69, 9.17) is 11.6 Å². The molecule has 1 atom stereocenters. The third kappa shape index (κ3) is 6.21. The number of aliphatic hydroxyl groups is 1. The summed E-state index contributed by atoms with van der Waals surface area (Å²) in [5.74, 6) is 0.385. The van der Waals surface area contributed by atoms with Crippen molar-refractivity contribution in [3.8, 4) is 11.3 Å². The largest absolute Gasteiger partial charge is 0.417 e. The highest BCUT2D eigenvalue weighted by molar-refractivity contribution is 7.88. The summed E-state index contributed by atoms with van der Waals surface area (Å²) in [6.07, 6.45) is -0.127. The number of halogens is 4. The molecule has 6 rings (SSSR count). The van der Waals surface area contributed by atoms with Crippen LogP contribution in [0.4, 0.5) is 13.2 Å². The van der Waals surface area contributed by atoms with E-state index < -0.39 is 27.9 Å². The molecule has 4 aromatic rings. The van der Waals surface area contributed by atoms with Gasteiger partial charge in [0.15, 0.2) is 0 Å². The summed E-state index contributed by atoms with van der Waals surface area (Å²) in [6.45, 7) is 2.22. The van der Waals surface area contributed by atoms with Crippen molar-refractivity contribution < 1.29 is 26.7 Å². The second kappa shape index (κ2) is 11.6. The molecule has 2 aliphatic rings. The third-order valence-corrected chi connectivity index (χ3v) is 10.1. The molecule has 4 heterocycles. The van der Waals surface area contributed by atoms with Crippen molar-refractivity contribution in [3.63, 3.8) is 0 Å². The van der Waals surface area contributed by atoms with Crippen molar-refractivity contribution >= 4 is 32.5 Å². The second-order valence-electron chi connectivity index (χ2n) is 11.5. The van der Waals surface area contributed by atoms with Gasteiger partial charge >= 0.3 is 6.18 Å². The van der Waals surface area contributed by atoms with E-state index in [0.717, 1.165) is 43.8 Å². The minimum atomic E-state index is -4.61. The predicted octanol–water partition coefficient (Wildman–Crippen LogP) is 5.26. The molecular formula is C30H33ClF3N5O3S. The van der Waals surface area contributed by atoms with Crippen LogP contribution in [0.1, 0.15) is 41.1 Å². The van der Waals surface area contributed by atoms with E-state index >= 15 is 0 Å². The zero-order valence-electron chi connectivity index (χ0n) is 23.6. The second-order valence-corrected chi connectivity index (χ2v) is 13.9. The van der Waals surface area contributed by atoms with E-state index in [-0.39, 0.29) is 37.3 Å². The molecule has 1 saturated heterocycles. The molecular weight excluding hydrogens is 603 g/mol. The number of aliphatic hydroxyl groups excluding tert-OH is 1. The van der Waals surface area contributed by atoms with Crippen molar-refractivity contribution in [1.29, 1.82) is 0 Å². The quantitative estimate of drug-likeness (QED) is 0.289. The standard InChI is InChI=1S/C30H33ClF3N5O3S/c1-43(41,42)38-13-10-28-25(18-38)29(23-4-2-3-5-26(23)30(32,33)34)36-39(28)17-21(40)16-37-11-8-19(9-12-37)24-15-35-27-14-20(31)6-7-22(24)27/h2-7,14-15,19,21,35,40H,8-13,16-18H2,1H3. The molecule has 43 heavy (non-hydrogen) atoms. The Kier molecular flexibility index (Phi) is 8.10. The van der Waals surface area contributed by atoms with Gasteiger partial charge in [0.2, 0.25) is 10.0 Å². The lowest BCUT2D eigenvalue weighted by molar-refractivity contribution is -0.137. The van der Waals surface area contributed by atoms with Crippen LogP contribution >= 0.6 is 11.6 Å². The number of benzene rings is 2. The van der Waals surface area contributed by atoms with Crippen molar-refractivity contribution in [2.24, 2.45) is 0 Å². The first-order valence-electron chi connectivity index (χ1n) is 14.3. The van der Waals surface area contributed by atoms with Crippen molar-refractivity contribution in [2.45, 2.75) is 50.6 Å². The first kappa shape index (κ1) is 30.1. The zero-order valence-corrected chi connectivity index (χ0v) is 25.2. The Bertz CT molecular complexity index is 1750. The van der Waals surface area contributed by atoms with Crippen LogP contribution in [0.3, 0.4) is 0 Å². The van der Waals surface area contributed by atoms with E-state index in [1.54, 1.807) is 4.68 Å². The van der Waals surface area contributed by atoms with Gasteiger partial charge in [0.1, 0.15) is 0 Å². The fraction of sp³-hybridized carbons (Fsp3) is 0.433. The summed E-state index contributed by atoms with van der Waals surface area (Å²) in [6, 6.07) is 11.1. The predicted molar refractivity (Wildman–Crippen MR) is 159 cm³/mol. The number of hydrogen-bond donors (Lipinski definition) is 2. The maximum atomic E-state index is 13.9. The fourth-order valence-corrected chi connectivity index (χ4v) is 7.45. The maximum absolute atomic E-state index is 13.9. The molecule has 0 bridgehead atoms. The monoisotopic (exact) mass is 635 g/mol. The smallest absolute Gasteiger partial charge is 0.390 e. The first-order valence-corrected chi connectivity index (χ1v) is 16.5. The molecule has 0 amide bonds. The van der Waals surface area contributed by atoms with Crippen LogP contribution in [-0.4, -0.2) is 76.0 Å². The molecule has 8 nitrogen and oxygen atoms in total. The maximum Gasteiger partial charge on any atom is 0.417 e. The minimum absolute atomic E-state index is 0.0701. The van der Waals surface area contributed by atoms with Gasteiger partial charge in [0.05, 0.1) is 30.2 Å². The Labute approximate surface area is 253 Å². The van der Waals surface area contributed by atoms with Gasteiger partial charge in [-0.2, -0.15) is 22.6 Å². The molecule has 2 aromatic carbocycles. The summed E-state index contributed by atoms with van der Waals surface area (Å²) in [5, 5.41) is 17.5. The van der Waals surface area contributed by atoms with E-state index in [0.29, 0.717) is 28.7 Å². The Hall–Kier alpha value is -2.90. The number of nitrogens with zero attached hydrogens (tertiary/aromatic N) is 4. The number of sulfonamides is 1. The van der Waals surface area contributed by atoms with Crippen LogP contribution in [0.5, 0.6) is 0 Å². The number of rotatable bonds is 7. The number of β-amino-alcohol motifs (C(OH)–C–C–N with tert-alkyl or cyclic N) is 1. The highest BCUT2D eigenvalue weighted by Gasteiger charge is 2.37. The number of aromatic nitrogens is 3. The summed E-state index contributed by atoms with van der Waals surface area (Å²) in [5.41, 5.74) is 2.55. The van der Waals surface area contributed by atoms with E-state index in [2.05, 4.69) is 21.2 Å². The molecule has 2 aromatic heterocycles. The van der Waals surface area contributed by atoms with Gasteiger partial charge in [0.25, 0.3) is 0 Å². The normalized spacial score (nSPS) is 18.3. The Morgan fingerprint density at radius 1 is 1.12 bits per heavy atom. The van der Waals surface area contributed by atoms with Crippen LogP contribution in [0.2, 0.25) is 5.02 Å². The zero-order chi connectivity index (χ0) is 30.5. The molecule has 0 saturated carbocycles. The van der Waals surface area contributed by atoms with E-state index in [1.807, 2.05) is 18.2 Å². The third-order valence-electron chi connectivity index (χ3n) is 8.61. The minimum Gasteiger partial charge on any atom is -0.390 e. The Morgan fingerprint density at radius 3 is 2.58 bits per heavy atom. The molecule has 13 heteroatoms. The van der Waals surface area contributed by atoms with Gasteiger partial charge in [-0.15, -0.1) is 0 Å². The number of likely N-dealkylation sites (tertiary alicyclic amines) is 1. The highest BCUT2D eigenvalue weighted by Crippen LogP contribution is 2.40. The SMILES string of the molecule is CS(=O)(=O)N1CCc2c(c(-c3ccccc3C(F)(F)F)nn2CC(O)CN2CCC(c3c[nH]c4cc(Cl)ccc34)CC2)C1. The summed E-state index contributed by atoms with van der Waals surface area (Å²) in [7, 11) is -3.56. The van der Waals surface area contributed by atoms with Gasteiger partial charge in [-0.25, -0.2) is 8.42 Å². The molecule has 2 aliphatic heterocycles. The number of fused-ring (bicyclic) bond motifs is 2. The molecule has 2 N–H and O–H groups in total. The van der Waals surface area contributed by atoms with Gasteiger partial charge in [-0.1, -0.05) is 35.9 Å². The topological polar surface area (TPSA) is 94.5 Å².